The highest BCUT2D eigenvalue weighted by atomic mass is 16.5. The first-order valence-electron chi connectivity index (χ1n) is 6.41. The molecule has 0 fully saturated rings. The highest BCUT2D eigenvalue weighted by molar-refractivity contribution is 6.09. The third-order valence-corrected chi connectivity index (χ3v) is 2.85. The van der Waals surface area contributed by atoms with Crippen molar-refractivity contribution in [3.8, 4) is 0 Å². The maximum atomic E-state index is 12.1. The molecule has 0 aliphatic rings. The Labute approximate surface area is 118 Å². The summed E-state index contributed by atoms with van der Waals surface area (Å²) in [5, 5.41) is 8.98. The largest absolute Gasteiger partial charge is 0.360 e. The van der Waals surface area contributed by atoms with E-state index >= 15 is 0 Å². The Hall–Kier alpha value is -1.89. The minimum atomic E-state index is -1.18. The van der Waals surface area contributed by atoms with E-state index in [1.165, 1.54) is 0 Å². The molecule has 0 aliphatic carbocycles. The standard InChI is InChI=1S/C13H22N4O3/c1-9-8-10(16-20-9)15-12(19)13(2,3)11(18)14-6-7-17(4)5/h8H,6-7H2,1-5H3,(H,14,18)(H,15,16,19). The first-order valence-corrected chi connectivity index (χ1v) is 6.41. The van der Waals surface area contributed by atoms with Gasteiger partial charge in [-0.05, 0) is 34.9 Å². The van der Waals surface area contributed by atoms with Gasteiger partial charge in [0.15, 0.2) is 5.82 Å². The summed E-state index contributed by atoms with van der Waals surface area (Å²) in [5.41, 5.74) is -1.18. The predicted octanol–water partition coefficient (Wildman–Crippen LogP) is 0.626. The Balaban J connectivity index is 2.57. The van der Waals surface area contributed by atoms with Crippen LogP contribution in [-0.2, 0) is 9.59 Å². The number of carbonyl (C=O) groups excluding carboxylic acids is 2. The van der Waals surface area contributed by atoms with Crippen LogP contribution in [0.25, 0.3) is 0 Å². The van der Waals surface area contributed by atoms with Gasteiger partial charge in [0.25, 0.3) is 0 Å². The van der Waals surface area contributed by atoms with Crippen LogP contribution in [0.1, 0.15) is 19.6 Å². The van der Waals surface area contributed by atoms with Crippen LogP contribution in [-0.4, -0.2) is 49.1 Å². The molecule has 7 nitrogen and oxygen atoms in total. The van der Waals surface area contributed by atoms with Crippen molar-refractivity contribution >= 4 is 17.6 Å². The van der Waals surface area contributed by atoms with Crippen LogP contribution in [0.2, 0.25) is 0 Å². The molecule has 7 heteroatoms. The Bertz CT molecular complexity index is 480. The summed E-state index contributed by atoms with van der Waals surface area (Å²) in [5.74, 6) is 0.153. The number of likely N-dealkylation sites (N-methyl/N-ethyl adjacent to an activating group) is 1. The van der Waals surface area contributed by atoms with E-state index in [0.29, 0.717) is 24.7 Å². The van der Waals surface area contributed by atoms with E-state index in [9.17, 15) is 9.59 Å². The number of anilines is 1. The van der Waals surface area contributed by atoms with E-state index in [4.69, 9.17) is 4.52 Å². The number of rotatable bonds is 6. The summed E-state index contributed by atoms with van der Waals surface area (Å²) in [6, 6.07) is 1.60. The van der Waals surface area contributed by atoms with Crippen LogP contribution in [0.5, 0.6) is 0 Å². The van der Waals surface area contributed by atoms with E-state index in [-0.39, 0.29) is 5.91 Å². The van der Waals surface area contributed by atoms with Gasteiger partial charge < -0.3 is 20.1 Å². The Morgan fingerprint density at radius 1 is 1.35 bits per heavy atom. The van der Waals surface area contributed by atoms with E-state index in [0.717, 1.165) is 0 Å². The van der Waals surface area contributed by atoms with E-state index in [2.05, 4.69) is 15.8 Å². The lowest BCUT2D eigenvalue weighted by atomic mass is 9.91. The molecule has 0 radical (unpaired) electrons. The summed E-state index contributed by atoms with van der Waals surface area (Å²) in [4.78, 5) is 26.1. The molecule has 1 rings (SSSR count). The predicted molar refractivity (Wildman–Crippen MR) is 75.2 cm³/mol. The molecule has 1 heterocycles. The molecular formula is C13H22N4O3. The van der Waals surface area contributed by atoms with E-state index in [1.807, 2.05) is 19.0 Å². The van der Waals surface area contributed by atoms with Gasteiger partial charge in [-0.2, -0.15) is 0 Å². The minimum absolute atomic E-state index is 0.307. The first kappa shape index (κ1) is 16.2. The Kier molecular flexibility index (Phi) is 5.26. The molecule has 0 aliphatic heterocycles. The summed E-state index contributed by atoms with van der Waals surface area (Å²) in [6.07, 6.45) is 0. The van der Waals surface area contributed by atoms with Gasteiger partial charge in [-0.3, -0.25) is 9.59 Å². The molecule has 0 unspecified atom stereocenters. The van der Waals surface area contributed by atoms with E-state index in [1.54, 1.807) is 26.8 Å². The lowest BCUT2D eigenvalue weighted by molar-refractivity contribution is -0.138. The van der Waals surface area contributed by atoms with Crippen LogP contribution in [0.4, 0.5) is 5.82 Å². The van der Waals surface area contributed by atoms with Crippen LogP contribution in [0.3, 0.4) is 0 Å². The molecule has 2 N–H and O–H groups in total. The van der Waals surface area contributed by atoms with Gasteiger partial charge in [0.2, 0.25) is 11.8 Å². The molecule has 20 heavy (non-hydrogen) atoms. The normalized spacial score (nSPS) is 11.5. The summed E-state index contributed by atoms with van der Waals surface area (Å²) < 4.78 is 4.86. The van der Waals surface area contributed by atoms with Crippen LogP contribution in [0.15, 0.2) is 10.6 Å². The fourth-order valence-corrected chi connectivity index (χ4v) is 1.42. The second-order valence-corrected chi connectivity index (χ2v) is 5.46. The maximum absolute atomic E-state index is 12.1. The molecule has 0 bridgehead atoms. The van der Waals surface area contributed by atoms with Crippen LogP contribution < -0.4 is 10.6 Å². The van der Waals surface area contributed by atoms with Crippen molar-refractivity contribution in [1.82, 2.24) is 15.4 Å². The van der Waals surface area contributed by atoms with Crippen molar-refractivity contribution < 1.29 is 14.1 Å². The Morgan fingerprint density at radius 2 is 2.00 bits per heavy atom. The van der Waals surface area contributed by atoms with Crippen molar-refractivity contribution in [3.05, 3.63) is 11.8 Å². The third kappa shape index (κ3) is 4.34. The second kappa shape index (κ2) is 6.51. The molecule has 0 spiro atoms. The number of amides is 2. The molecule has 112 valence electrons. The van der Waals surface area contributed by atoms with Gasteiger partial charge in [-0.25, -0.2) is 0 Å². The number of aryl methyl sites for hydroxylation is 1. The van der Waals surface area contributed by atoms with Crippen LogP contribution in [0, 0.1) is 12.3 Å². The third-order valence-electron chi connectivity index (χ3n) is 2.85. The zero-order valence-electron chi connectivity index (χ0n) is 12.6. The summed E-state index contributed by atoms with van der Waals surface area (Å²) >= 11 is 0. The monoisotopic (exact) mass is 282 g/mol. The minimum Gasteiger partial charge on any atom is -0.360 e. The molecule has 0 aromatic carbocycles. The van der Waals surface area contributed by atoms with Crippen LogP contribution >= 0.6 is 0 Å². The molecule has 0 saturated carbocycles. The zero-order valence-corrected chi connectivity index (χ0v) is 12.6. The number of carbonyl (C=O) groups is 2. The fourth-order valence-electron chi connectivity index (χ4n) is 1.42. The van der Waals surface area contributed by atoms with Gasteiger partial charge in [-0.1, -0.05) is 5.16 Å². The average Bonchev–Trinajstić information content (AvgIpc) is 2.73. The fraction of sp³-hybridized carbons (Fsp3) is 0.615. The molecule has 0 saturated heterocycles. The van der Waals surface area contributed by atoms with Crippen molar-refractivity contribution in [2.24, 2.45) is 5.41 Å². The lowest BCUT2D eigenvalue weighted by Gasteiger charge is -2.22. The summed E-state index contributed by atoms with van der Waals surface area (Å²) in [7, 11) is 3.83. The SMILES string of the molecule is Cc1cc(NC(=O)C(C)(C)C(=O)NCCN(C)C)no1. The highest BCUT2D eigenvalue weighted by Crippen LogP contribution is 2.18. The molecular weight excluding hydrogens is 260 g/mol. The van der Waals surface area contributed by atoms with Crippen molar-refractivity contribution in [2.45, 2.75) is 20.8 Å². The smallest absolute Gasteiger partial charge is 0.240 e. The topological polar surface area (TPSA) is 87.5 Å². The number of aromatic nitrogens is 1. The van der Waals surface area contributed by atoms with Gasteiger partial charge in [-0.15, -0.1) is 0 Å². The quantitative estimate of drug-likeness (QED) is 0.747. The van der Waals surface area contributed by atoms with Crippen molar-refractivity contribution in [1.29, 1.82) is 0 Å². The number of nitrogens with one attached hydrogen (secondary N) is 2. The number of hydrogen-bond donors (Lipinski definition) is 2. The van der Waals surface area contributed by atoms with Gasteiger partial charge in [0.1, 0.15) is 11.2 Å². The zero-order chi connectivity index (χ0) is 15.3. The van der Waals surface area contributed by atoms with Gasteiger partial charge in [0.05, 0.1) is 0 Å². The number of nitrogens with zero attached hydrogens (tertiary/aromatic N) is 2. The van der Waals surface area contributed by atoms with E-state index < -0.39 is 11.3 Å². The second-order valence-electron chi connectivity index (χ2n) is 5.46. The number of hydrogen-bond acceptors (Lipinski definition) is 5. The lowest BCUT2D eigenvalue weighted by Crippen LogP contribution is -2.46. The van der Waals surface area contributed by atoms with Gasteiger partial charge >= 0.3 is 0 Å². The van der Waals surface area contributed by atoms with Gasteiger partial charge in [0, 0.05) is 19.2 Å². The van der Waals surface area contributed by atoms with Crippen molar-refractivity contribution in [3.63, 3.8) is 0 Å². The summed E-state index contributed by atoms with van der Waals surface area (Å²) in [6.45, 7) is 6.07. The Morgan fingerprint density at radius 3 is 2.50 bits per heavy atom. The molecule has 2 amide bonds. The maximum Gasteiger partial charge on any atom is 0.240 e. The first-order chi connectivity index (χ1) is 9.23. The highest BCUT2D eigenvalue weighted by Gasteiger charge is 2.36. The average molecular weight is 282 g/mol. The molecule has 0 atom stereocenters. The molecule has 1 aromatic heterocycles. The molecule has 1 aromatic rings. The van der Waals surface area contributed by atoms with Crippen molar-refractivity contribution in [2.75, 3.05) is 32.5 Å².